The van der Waals surface area contributed by atoms with E-state index in [9.17, 15) is 9.59 Å². The summed E-state index contributed by atoms with van der Waals surface area (Å²) in [6.45, 7) is 6.28. The summed E-state index contributed by atoms with van der Waals surface area (Å²) in [5.41, 5.74) is 3.34. The highest BCUT2D eigenvalue weighted by Gasteiger charge is 2.17. The summed E-state index contributed by atoms with van der Waals surface area (Å²) in [6.07, 6.45) is 0. The van der Waals surface area contributed by atoms with E-state index in [1.54, 1.807) is 13.0 Å². The van der Waals surface area contributed by atoms with Gasteiger partial charge in [-0.25, -0.2) is 4.79 Å². The summed E-state index contributed by atoms with van der Waals surface area (Å²) >= 11 is 0. The number of methoxy groups -OCH3 is 1. The highest BCUT2D eigenvalue weighted by atomic mass is 16.5. The number of nitrogens with one attached hydrogen (secondary N) is 1. The molecule has 0 radical (unpaired) electrons. The molecular formula is C19H24N2O4. The van der Waals surface area contributed by atoms with Gasteiger partial charge in [0.1, 0.15) is 17.1 Å². The summed E-state index contributed by atoms with van der Waals surface area (Å²) in [7, 11) is 3.15. The molecule has 0 aliphatic rings. The molecule has 2 aromatic rings. The van der Waals surface area contributed by atoms with Crippen LogP contribution in [0, 0.1) is 20.8 Å². The quantitative estimate of drug-likeness (QED) is 0.816. The second kappa shape index (κ2) is 7.98. The Labute approximate surface area is 147 Å². The molecule has 1 amide bonds. The molecule has 6 heteroatoms. The predicted molar refractivity (Wildman–Crippen MR) is 95.7 cm³/mol. The minimum Gasteiger partial charge on any atom is -0.465 e. The van der Waals surface area contributed by atoms with E-state index in [4.69, 9.17) is 9.15 Å². The Kier molecular flexibility index (Phi) is 5.98. The van der Waals surface area contributed by atoms with Crippen LogP contribution in [-0.2, 0) is 16.1 Å². The van der Waals surface area contributed by atoms with Gasteiger partial charge in [0, 0.05) is 5.69 Å². The third-order valence-electron chi connectivity index (χ3n) is 3.88. The van der Waals surface area contributed by atoms with Crippen molar-refractivity contribution in [3.63, 3.8) is 0 Å². The lowest BCUT2D eigenvalue weighted by molar-refractivity contribution is -0.117. The van der Waals surface area contributed by atoms with Crippen molar-refractivity contribution in [2.24, 2.45) is 0 Å². The zero-order valence-electron chi connectivity index (χ0n) is 15.3. The number of amides is 1. The Bertz CT molecular complexity index is 780. The van der Waals surface area contributed by atoms with Crippen LogP contribution in [0.4, 0.5) is 5.69 Å². The van der Waals surface area contributed by atoms with Crippen molar-refractivity contribution in [2.45, 2.75) is 27.3 Å². The number of benzene rings is 1. The molecular weight excluding hydrogens is 320 g/mol. The maximum Gasteiger partial charge on any atom is 0.341 e. The van der Waals surface area contributed by atoms with Gasteiger partial charge in [0.25, 0.3) is 0 Å². The van der Waals surface area contributed by atoms with Crippen LogP contribution in [0.1, 0.15) is 33.0 Å². The first-order valence-electron chi connectivity index (χ1n) is 8.03. The lowest BCUT2D eigenvalue weighted by Crippen LogP contribution is -2.30. The zero-order chi connectivity index (χ0) is 18.6. The van der Waals surface area contributed by atoms with Crippen LogP contribution in [0.2, 0.25) is 0 Å². The fourth-order valence-electron chi connectivity index (χ4n) is 2.56. The Morgan fingerprint density at radius 2 is 1.92 bits per heavy atom. The molecule has 25 heavy (non-hydrogen) atoms. The predicted octanol–water partition coefficient (Wildman–Crippen LogP) is 3.06. The van der Waals surface area contributed by atoms with Crippen molar-refractivity contribution in [1.82, 2.24) is 4.90 Å². The molecule has 0 atom stereocenters. The monoisotopic (exact) mass is 344 g/mol. The molecule has 2 rings (SSSR count). The molecule has 0 spiro atoms. The average molecular weight is 344 g/mol. The Balaban J connectivity index is 1.95. The van der Waals surface area contributed by atoms with Crippen LogP contribution < -0.4 is 5.32 Å². The molecule has 0 fully saturated rings. The summed E-state index contributed by atoms with van der Waals surface area (Å²) in [5, 5.41) is 2.93. The SMILES string of the molecule is COC(=O)c1cc(CN(C)CC(=O)Nc2cc(C)ccc2C)oc1C. The van der Waals surface area contributed by atoms with Crippen molar-refractivity contribution < 1.29 is 18.7 Å². The maximum atomic E-state index is 12.2. The fourth-order valence-corrected chi connectivity index (χ4v) is 2.56. The molecule has 0 saturated carbocycles. The lowest BCUT2D eigenvalue weighted by Gasteiger charge is -2.16. The van der Waals surface area contributed by atoms with Gasteiger partial charge in [0.15, 0.2) is 0 Å². The maximum absolute atomic E-state index is 12.2. The zero-order valence-corrected chi connectivity index (χ0v) is 15.3. The molecule has 0 unspecified atom stereocenters. The largest absolute Gasteiger partial charge is 0.465 e. The van der Waals surface area contributed by atoms with Crippen LogP contribution in [0.3, 0.4) is 0 Å². The Morgan fingerprint density at radius 1 is 1.20 bits per heavy atom. The molecule has 6 nitrogen and oxygen atoms in total. The van der Waals surface area contributed by atoms with Gasteiger partial charge >= 0.3 is 5.97 Å². The molecule has 0 aliphatic carbocycles. The molecule has 0 aliphatic heterocycles. The van der Waals surface area contributed by atoms with Crippen molar-refractivity contribution in [3.8, 4) is 0 Å². The van der Waals surface area contributed by atoms with Gasteiger partial charge in [-0.05, 0) is 51.1 Å². The van der Waals surface area contributed by atoms with E-state index in [0.29, 0.717) is 23.6 Å². The minimum atomic E-state index is -0.428. The topological polar surface area (TPSA) is 71.8 Å². The number of likely N-dealkylation sites (N-methyl/N-ethyl adjacent to an activating group) is 1. The van der Waals surface area contributed by atoms with Crippen molar-refractivity contribution in [3.05, 3.63) is 52.5 Å². The Hall–Kier alpha value is -2.60. The second-order valence-corrected chi connectivity index (χ2v) is 6.21. The molecule has 0 saturated heterocycles. The number of nitrogens with zero attached hydrogens (tertiary/aromatic N) is 1. The van der Waals surface area contributed by atoms with Crippen LogP contribution in [0.5, 0.6) is 0 Å². The second-order valence-electron chi connectivity index (χ2n) is 6.21. The van der Waals surface area contributed by atoms with Crippen molar-refractivity contribution >= 4 is 17.6 Å². The van der Waals surface area contributed by atoms with E-state index >= 15 is 0 Å². The first kappa shape index (κ1) is 18.7. The first-order valence-corrected chi connectivity index (χ1v) is 8.03. The van der Waals surface area contributed by atoms with Gasteiger partial charge in [-0.15, -0.1) is 0 Å². The fraction of sp³-hybridized carbons (Fsp3) is 0.368. The van der Waals surface area contributed by atoms with E-state index in [1.165, 1.54) is 7.11 Å². The van der Waals surface area contributed by atoms with Crippen molar-refractivity contribution in [2.75, 3.05) is 26.0 Å². The first-order chi connectivity index (χ1) is 11.8. The molecule has 0 bridgehead atoms. The van der Waals surface area contributed by atoms with E-state index in [-0.39, 0.29) is 12.5 Å². The summed E-state index contributed by atoms with van der Waals surface area (Å²) < 4.78 is 10.3. The third kappa shape index (κ3) is 4.93. The van der Waals surface area contributed by atoms with Crippen LogP contribution >= 0.6 is 0 Å². The molecule has 1 aromatic carbocycles. The van der Waals surface area contributed by atoms with Crippen molar-refractivity contribution in [1.29, 1.82) is 0 Å². The van der Waals surface area contributed by atoms with E-state index < -0.39 is 5.97 Å². The third-order valence-corrected chi connectivity index (χ3v) is 3.88. The van der Waals surface area contributed by atoms with E-state index in [0.717, 1.165) is 16.8 Å². The van der Waals surface area contributed by atoms with Gasteiger partial charge in [-0.1, -0.05) is 12.1 Å². The lowest BCUT2D eigenvalue weighted by atomic mass is 10.1. The minimum absolute atomic E-state index is 0.104. The highest BCUT2D eigenvalue weighted by molar-refractivity contribution is 5.93. The van der Waals surface area contributed by atoms with E-state index in [1.807, 2.05) is 44.0 Å². The summed E-state index contributed by atoms with van der Waals surface area (Å²) in [4.78, 5) is 25.7. The molecule has 1 N–H and O–H groups in total. The Morgan fingerprint density at radius 3 is 2.60 bits per heavy atom. The van der Waals surface area contributed by atoms with Gasteiger partial charge < -0.3 is 14.5 Å². The number of anilines is 1. The standard InChI is InChI=1S/C19H24N2O4/c1-12-6-7-13(2)17(8-12)20-18(22)11-21(4)10-15-9-16(14(3)25-15)19(23)24-5/h6-9H,10-11H2,1-5H3,(H,20,22). The average Bonchev–Trinajstić information content (AvgIpc) is 2.90. The van der Waals surface area contributed by atoms with Gasteiger partial charge in [-0.2, -0.15) is 0 Å². The number of aryl methyl sites for hydroxylation is 3. The van der Waals surface area contributed by atoms with Crippen LogP contribution in [0.15, 0.2) is 28.7 Å². The summed E-state index contributed by atoms with van der Waals surface area (Å²) in [6, 6.07) is 7.59. The number of hydrogen-bond donors (Lipinski definition) is 1. The van der Waals surface area contributed by atoms with Gasteiger partial charge in [-0.3, -0.25) is 9.69 Å². The number of hydrogen-bond acceptors (Lipinski definition) is 5. The van der Waals surface area contributed by atoms with E-state index in [2.05, 4.69) is 5.32 Å². The number of carbonyl (C=O) groups is 2. The summed E-state index contributed by atoms with van der Waals surface area (Å²) in [5.74, 6) is 0.588. The van der Waals surface area contributed by atoms with Gasteiger partial charge in [0.05, 0.1) is 20.2 Å². The smallest absolute Gasteiger partial charge is 0.341 e. The number of esters is 1. The van der Waals surface area contributed by atoms with Crippen LogP contribution in [-0.4, -0.2) is 37.5 Å². The van der Waals surface area contributed by atoms with Crippen LogP contribution in [0.25, 0.3) is 0 Å². The molecule has 1 heterocycles. The van der Waals surface area contributed by atoms with Gasteiger partial charge in [0.2, 0.25) is 5.91 Å². The number of rotatable bonds is 6. The molecule has 1 aromatic heterocycles. The number of furan rings is 1. The highest BCUT2D eigenvalue weighted by Crippen LogP contribution is 2.18. The number of carbonyl (C=O) groups excluding carboxylic acids is 2. The molecule has 134 valence electrons. The number of ether oxygens (including phenoxy) is 1. The normalized spacial score (nSPS) is 10.8.